The number of rotatable bonds is 19. The maximum Gasteiger partial charge on any atom is 0.510 e. The average molecular weight is 1650 g/mol. The van der Waals surface area contributed by atoms with Crippen LogP contribution >= 0.6 is 31.9 Å². The van der Waals surface area contributed by atoms with E-state index in [1.54, 1.807) is 6.92 Å². The van der Waals surface area contributed by atoms with Crippen molar-refractivity contribution in [2.75, 3.05) is 150 Å². The third kappa shape index (κ3) is 89.6. The van der Waals surface area contributed by atoms with Crippen molar-refractivity contribution in [1.82, 2.24) is 0 Å². The highest BCUT2D eigenvalue weighted by Gasteiger charge is 2.42. The summed E-state index contributed by atoms with van der Waals surface area (Å²) in [6.07, 6.45) is -0.809. The van der Waals surface area contributed by atoms with Crippen LogP contribution in [-0.2, 0) is 66.6 Å². The van der Waals surface area contributed by atoms with Crippen LogP contribution in [0.5, 0.6) is 0 Å². The van der Waals surface area contributed by atoms with Crippen molar-refractivity contribution in [2.24, 2.45) is 21.7 Å². The molecule has 99 heavy (non-hydrogen) atoms. The van der Waals surface area contributed by atoms with E-state index in [1.165, 1.54) is 14.0 Å². The van der Waals surface area contributed by atoms with E-state index in [-0.39, 0.29) is 54.6 Å². The molecular formula is C56H84Br2F24O17. The van der Waals surface area contributed by atoms with E-state index in [9.17, 15) is 139 Å². The molecule has 17 nitrogen and oxygen atoms in total. The van der Waals surface area contributed by atoms with Crippen LogP contribution in [0.1, 0.15) is 82.1 Å². The standard InChI is InChI=1S/2C14H18BrFO2.C10H15FO7.C7H10O5.10CH2F2.CH3FO/c2*1-14(2,13(17)18-9-8-16)10-12(15)11-6-4-3-5-7-11;1-7(12)16-4-10(2,8(13)15-3)5-17-9(14)18-6-11;1-7(5(8)10-2)3-11-6(9)12-4-7;11*2-1-3/h2*3-7,12H,8-10H2,1-2H3;4-6H2,1-3H3;3-4H2,1-2H3;10*1H2;3H,1H2. The van der Waals surface area contributed by atoms with Gasteiger partial charge in [-0.3, -0.25) is 24.0 Å². The average Bonchev–Trinajstić information content (AvgIpc) is 0.875. The van der Waals surface area contributed by atoms with Crippen molar-refractivity contribution in [3.8, 4) is 0 Å². The van der Waals surface area contributed by atoms with Crippen LogP contribution < -0.4 is 0 Å². The lowest BCUT2D eigenvalue weighted by atomic mass is 9.86. The molecular weight excluding hydrogens is 1560 g/mol. The highest BCUT2D eigenvalue weighted by Crippen LogP contribution is 2.38. The van der Waals surface area contributed by atoms with Crippen molar-refractivity contribution in [1.29, 1.82) is 0 Å². The van der Waals surface area contributed by atoms with Crippen molar-refractivity contribution in [3.63, 3.8) is 0 Å². The Balaban J connectivity index is -0.0000000889. The number of carbonyl (C=O) groups is 7. The lowest BCUT2D eigenvalue weighted by Gasteiger charge is -2.28. The number of aliphatic hydroxyl groups excluding tert-OH is 1. The molecule has 1 fully saturated rings. The highest BCUT2D eigenvalue weighted by atomic mass is 79.9. The van der Waals surface area contributed by atoms with Crippen molar-refractivity contribution < 1.29 is 187 Å². The van der Waals surface area contributed by atoms with Gasteiger partial charge in [-0.05, 0) is 65.5 Å². The molecule has 0 aromatic heterocycles. The molecule has 1 heterocycles. The molecule has 43 heteroatoms. The molecule has 3 unspecified atom stereocenters. The number of aliphatic hydroxyl groups is 1. The molecule has 0 spiro atoms. The van der Waals surface area contributed by atoms with Crippen molar-refractivity contribution in [2.45, 2.75) is 71.0 Å². The molecule has 1 N–H and O–H groups in total. The van der Waals surface area contributed by atoms with Gasteiger partial charge in [0, 0.05) is 16.6 Å². The van der Waals surface area contributed by atoms with Crippen LogP contribution in [0.15, 0.2) is 60.7 Å². The summed E-state index contributed by atoms with van der Waals surface area (Å²) in [5.74, 6) is -2.50. The second-order valence-electron chi connectivity index (χ2n) is 17.2. The van der Waals surface area contributed by atoms with E-state index >= 15 is 0 Å². The maximum absolute atomic E-state index is 12.0. The second kappa shape index (κ2) is 89.6. The van der Waals surface area contributed by atoms with Crippen LogP contribution in [0.25, 0.3) is 0 Å². The SMILES string of the molecule is CC(C)(CC(Br)c1ccccc1)C(=O)OCCF.CC(C)(CC(Br)c1ccccc1)C(=O)OCCF.COC(=O)C(C)(COC(C)=O)COC(=O)OCF.COC(=O)C1(C)COC(=O)OC1.FCF.FCF.FCF.FCF.FCF.FCF.FCF.FCF.FCF.FCF.OCF. The molecule has 0 aliphatic carbocycles. The summed E-state index contributed by atoms with van der Waals surface area (Å²) >= 11 is 7.15. The number of ether oxygens (including phenoxy) is 9. The number of esters is 5. The Morgan fingerprint density at radius 1 is 0.475 bits per heavy atom. The molecule has 592 valence electrons. The number of cyclic esters (lactones) is 2. The summed E-state index contributed by atoms with van der Waals surface area (Å²) in [7, 11) is 2.41. The van der Waals surface area contributed by atoms with E-state index in [0.717, 1.165) is 25.2 Å². The Hall–Kier alpha value is -6.43. The normalized spacial score (nSPS) is 11.7. The first-order chi connectivity index (χ1) is 46.4. The molecule has 1 aliphatic rings. The molecule has 0 bridgehead atoms. The minimum absolute atomic E-state index is 0.0124. The number of hydrogen-bond acceptors (Lipinski definition) is 17. The summed E-state index contributed by atoms with van der Waals surface area (Å²) in [5, 5.41) is 6.90. The first-order valence-electron chi connectivity index (χ1n) is 26.1. The lowest BCUT2D eigenvalue weighted by Crippen LogP contribution is -2.43. The Kier molecular flexibility index (Phi) is 108. The number of carbonyl (C=O) groups excluding carboxylic acids is 7. The van der Waals surface area contributed by atoms with Gasteiger partial charge in [0.05, 0.1) is 25.0 Å². The van der Waals surface area contributed by atoms with Gasteiger partial charge in [-0.15, -0.1) is 0 Å². The van der Waals surface area contributed by atoms with Crippen LogP contribution in [-0.4, -0.2) is 197 Å². The minimum atomic E-state index is -1.75. The zero-order valence-electron chi connectivity index (χ0n) is 54.8. The Morgan fingerprint density at radius 3 is 0.980 bits per heavy atom. The fraction of sp³-hybridized carbons (Fsp3) is 0.661. The quantitative estimate of drug-likeness (QED) is 0.0597. The van der Waals surface area contributed by atoms with Crippen molar-refractivity contribution >= 4 is 74.0 Å². The molecule has 0 radical (unpaired) electrons. The number of methoxy groups -OCH3 is 2. The van der Waals surface area contributed by atoms with E-state index in [4.69, 9.17) is 14.6 Å². The van der Waals surface area contributed by atoms with Crippen molar-refractivity contribution in [3.05, 3.63) is 71.8 Å². The number of hydrogen-bond donors (Lipinski definition) is 1. The van der Waals surface area contributed by atoms with Gasteiger partial charge < -0.3 is 47.7 Å². The summed E-state index contributed by atoms with van der Waals surface area (Å²) in [6, 6.07) is 19.7. The molecule has 3 atom stereocenters. The predicted molar refractivity (Wildman–Crippen MR) is 318 cm³/mol. The van der Waals surface area contributed by atoms with E-state index in [2.05, 4.69) is 65.0 Å². The second-order valence-corrected chi connectivity index (χ2v) is 19.4. The highest BCUT2D eigenvalue weighted by molar-refractivity contribution is 9.09. The van der Waals surface area contributed by atoms with Gasteiger partial charge in [0.15, 0.2) is 6.86 Å². The first-order valence-corrected chi connectivity index (χ1v) is 27.9. The van der Waals surface area contributed by atoms with E-state index in [1.807, 2.05) is 88.4 Å². The first kappa shape index (κ1) is 120. The Bertz CT molecular complexity index is 1940. The van der Waals surface area contributed by atoms with Gasteiger partial charge in [-0.1, -0.05) is 92.5 Å². The summed E-state index contributed by atoms with van der Waals surface area (Å²) in [6.45, 7) is -11.1. The largest absolute Gasteiger partial charge is 0.510 e. The fourth-order valence-electron chi connectivity index (χ4n) is 5.13. The summed E-state index contributed by atoms with van der Waals surface area (Å²) < 4.78 is 279. The van der Waals surface area contributed by atoms with Gasteiger partial charge in [-0.25, -0.2) is 115 Å². The summed E-state index contributed by atoms with van der Waals surface area (Å²) in [4.78, 5) is 78.3. The summed E-state index contributed by atoms with van der Waals surface area (Å²) in [5.41, 5.74) is -1.29. The molecule has 1 saturated heterocycles. The third-order valence-corrected chi connectivity index (χ3v) is 10.8. The predicted octanol–water partition coefficient (Wildman–Crippen LogP) is 18.0. The third-order valence-electron chi connectivity index (χ3n) is 9.08. The van der Waals surface area contributed by atoms with Crippen LogP contribution in [0, 0.1) is 21.7 Å². The lowest BCUT2D eigenvalue weighted by molar-refractivity contribution is -0.164. The van der Waals surface area contributed by atoms with E-state index in [0.29, 0.717) is 12.8 Å². The van der Waals surface area contributed by atoms with E-state index < -0.39 is 155 Å². The number of halogens is 26. The smallest absolute Gasteiger partial charge is 0.468 e. The monoisotopic (exact) mass is 1640 g/mol. The van der Waals surface area contributed by atoms with Gasteiger partial charge in [0.2, 0.25) is 76.1 Å². The Morgan fingerprint density at radius 2 is 0.747 bits per heavy atom. The molecule has 2 aromatic rings. The zero-order chi connectivity index (χ0) is 80.3. The topological polar surface area (TPSA) is 223 Å². The molecule has 1 aliphatic heterocycles. The van der Waals surface area contributed by atoms with Crippen LogP contribution in [0.4, 0.5) is 115 Å². The number of benzene rings is 2. The molecule has 0 saturated carbocycles. The molecule has 0 amide bonds. The van der Waals surface area contributed by atoms with Crippen LogP contribution in [0.3, 0.4) is 0 Å². The minimum Gasteiger partial charge on any atom is -0.468 e. The van der Waals surface area contributed by atoms with Gasteiger partial charge in [0.1, 0.15) is 63.8 Å². The molecule has 3 rings (SSSR count). The van der Waals surface area contributed by atoms with Crippen LogP contribution in [0.2, 0.25) is 0 Å². The zero-order valence-corrected chi connectivity index (χ0v) is 58.0. The maximum atomic E-state index is 12.0. The molecule has 2 aromatic carbocycles. The fourth-order valence-corrected chi connectivity index (χ4v) is 7.36. The van der Waals surface area contributed by atoms with Gasteiger partial charge >= 0.3 is 42.2 Å². The van der Waals surface area contributed by atoms with Gasteiger partial charge in [-0.2, -0.15) is 0 Å². The Labute approximate surface area is 573 Å². The van der Waals surface area contributed by atoms with Gasteiger partial charge in [0.25, 0.3) is 0 Å². The number of alkyl halides is 26.